The largest absolute Gasteiger partial charge is 0.483 e. The maximum absolute atomic E-state index is 13.7. The molecule has 0 aliphatic rings. The molecule has 218 valence electrons. The highest BCUT2D eigenvalue weighted by Crippen LogP contribution is 2.32. The van der Waals surface area contributed by atoms with Gasteiger partial charge in [-0.3, -0.25) is 9.59 Å². The molecular weight excluding hydrogens is 569 g/mol. The van der Waals surface area contributed by atoms with E-state index in [1.807, 2.05) is 36.4 Å². The minimum atomic E-state index is -4.59. The molecule has 5 aromatic carbocycles. The molecule has 10 heteroatoms. The van der Waals surface area contributed by atoms with E-state index in [2.05, 4.69) is 15.4 Å². The molecule has 0 saturated carbocycles. The third-order valence-corrected chi connectivity index (χ3v) is 6.85. The van der Waals surface area contributed by atoms with Gasteiger partial charge in [0, 0.05) is 16.8 Å². The lowest BCUT2D eigenvalue weighted by molar-refractivity contribution is -0.137. The lowest BCUT2D eigenvalue weighted by Crippen LogP contribution is -2.21. The van der Waals surface area contributed by atoms with Crippen LogP contribution in [0.1, 0.15) is 11.1 Å². The molecule has 0 spiro atoms. The van der Waals surface area contributed by atoms with Crippen molar-refractivity contribution in [2.24, 2.45) is 5.10 Å². The summed E-state index contributed by atoms with van der Waals surface area (Å²) in [6, 6.07) is 31.0. The molecule has 7 nitrogen and oxygen atoms in total. The summed E-state index contributed by atoms with van der Waals surface area (Å²) in [7, 11) is 0. The molecule has 0 radical (unpaired) electrons. The maximum atomic E-state index is 13.7. The average molecular weight is 593 g/mol. The summed E-state index contributed by atoms with van der Waals surface area (Å²) in [5, 5.41) is 9.02. The SMILES string of the molecule is O=C(COc1ccc2ccccc2c1C=Nn1c(-c2cccc(C(F)(F)F)c2)nc2ccccc2c1=O)Nc1ccccc1. The van der Waals surface area contributed by atoms with Crippen LogP contribution in [-0.4, -0.2) is 28.4 Å². The zero-order valence-corrected chi connectivity index (χ0v) is 23.0. The van der Waals surface area contributed by atoms with Gasteiger partial charge < -0.3 is 10.1 Å². The van der Waals surface area contributed by atoms with Crippen molar-refractivity contribution in [1.29, 1.82) is 0 Å². The van der Waals surface area contributed by atoms with E-state index in [0.29, 0.717) is 22.5 Å². The summed E-state index contributed by atoms with van der Waals surface area (Å²) in [5.41, 5.74) is 0.00907. The zero-order valence-electron chi connectivity index (χ0n) is 23.0. The van der Waals surface area contributed by atoms with Crippen molar-refractivity contribution in [3.05, 3.63) is 137 Å². The second kappa shape index (κ2) is 11.8. The lowest BCUT2D eigenvalue weighted by Gasteiger charge is -2.13. The van der Waals surface area contributed by atoms with Crippen molar-refractivity contribution in [3.8, 4) is 17.1 Å². The number of alkyl halides is 3. The van der Waals surface area contributed by atoms with E-state index >= 15 is 0 Å². The van der Waals surface area contributed by atoms with Crippen LogP contribution < -0.4 is 15.6 Å². The summed E-state index contributed by atoms with van der Waals surface area (Å²) in [4.78, 5) is 30.8. The van der Waals surface area contributed by atoms with Crippen LogP contribution in [0.2, 0.25) is 0 Å². The maximum Gasteiger partial charge on any atom is 0.416 e. The number of rotatable bonds is 7. The minimum absolute atomic E-state index is 0.0619. The lowest BCUT2D eigenvalue weighted by atomic mass is 10.0. The first kappa shape index (κ1) is 28.4. The van der Waals surface area contributed by atoms with Gasteiger partial charge in [-0.25, -0.2) is 4.98 Å². The standard InChI is InChI=1S/C34H23F3N4O3/c35-34(36,37)24-11-8-10-23(19-24)32-40-29-16-7-6-15-27(29)33(43)41(32)38-20-28-26-14-5-4-9-22(26)17-18-30(28)44-21-31(42)39-25-12-2-1-3-13-25/h1-20H,21H2,(H,39,42). The van der Waals surface area contributed by atoms with Gasteiger partial charge in [-0.1, -0.05) is 72.8 Å². The Labute approximate surface area is 248 Å². The number of amides is 1. The number of carbonyl (C=O) groups is 1. The number of aromatic nitrogens is 2. The second-order valence-corrected chi connectivity index (χ2v) is 9.79. The van der Waals surface area contributed by atoms with Gasteiger partial charge in [0.1, 0.15) is 5.75 Å². The zero-order chi connectivity index (χ0) is 30.7. The van der Waals surface area contributed by atoms with Crippen LogP contribution in [0.25, 0.3) is 33.1 Å². The molecule has 1 aromatic heterocycles. The smallest absolute Gasteiger partial charge is 0.416 e. The Balaban J connectivity index is 1.44. The normalized spacial score (nSPS) is 11.7. The average Bonchev–Trinajstić information content (AvgIpc) is 3.03. The third kappa shape index (κ3) is 5.91. The fraction of sp³-hybridized carbons (Fsp3) is 0.0588. The van der Waals surface area contributed by atoms with Crippen molar-refractivity contribution in [2.75, 3.05) is 11.9 Å². The molecule has 0 saturated heterocycles. The second-order valence-electron chi connectivity index (χ2n) is 9.79. The first-order valence-electron chi connectivity index (χ1n) is 13.5. The highest BCUT2D eigenvalue weighted by Gasteiger charge is 2.31. The van der Waals surface area contributed by atoms with Crippen molar-refractivity contribution in [2.45, 2.75) is 6.18 Å². The predicted molar refractivity (Wildman–Crippen MR) is 164 cm³/mol. The fourth-order valence-electron chi connectivity index (χ4n) is 4.76. The van der Waals surface area contributed by atoms with E-state index in [-0.39, 0.29) is 29.3 Å². The van der Waals surface area contributed by atoms with Crippen LogP contribution in [0, 0.1) is 0 Å². The topological polar surface area (TPSA) is 85.6 Å². The molecule has 0 bridgehead atoms. The quantitative estimate of drug-likeness (QED) is 0.200. The van der Waals surface area contributed by atoms with E-state index in [0.717, 1.165) is 27.6 Å². The molecule has 1 amide bonds. The van der Waals surface area contributed by atoms with Crippen LogP contribution in [0.5, 0.6) is 5.75 Å². The Hall–Kier alpha value is -5.77. The highest BCUT2D eigenvalue weighted by atomic mass is 19.4. The van der Waals surface area contributed by atoms with Gasteiger partial charge in [0.2, 0.25) is 0 Å². The molecule has 0 fully saturated rings. The fourth-order valence-corrected chi connectivity index (χ4v) is 4.76. The summed E-state index contributed by atoms with van der Waals surface area (Å²) in [5.74, 6) is -0.131. The van der Waals surface area contributed by atoms with Crippen LogP contribution in [0.15, 0.2) is 125 Å². The molecule has 44 heavy (non-hydrogen) atoms. The molecule has 1 N–H and O–H groups in total. The van der Waals surface area contributed by atoms with E-state index in [1.165, 1.54) is 18.3 Å². The third-order valence-electron chi connectivity index (χ3n) is 6.85. The van der Waals surface area contributed by atoms with Crippen molar-refractivity contribution >= 4 is 39.5 Å². The van der Waals surface area contributed by atoms with Gasteiger partial charge in [-0.05, 0) is 53.2 Å². The number of fused-ring (bicyclic) bond motifs is 2. The number of hydrogen-bond acceptors (Lipinski definition) is 5. The van der Waals surface area contributed by atoms with Gasteiger partial charge in [-0.2, -0.15) is 22.9 Å². The molecule has 0 aliphatic heterocycles. The molecule has 6 rings (SSSR count). The summed E-state index contributed by atoms with van der Waals surface area (Å²) in [6.45, 7) is -0.305. The Morgan fingerprint density at radius 2 is 1.59 bits per heavy atom. The number of ether oxygens (including phenoxy) is 1. The number of benzene rings is 5. The van der Waals surface area contributed by atoms with E-state index in [9.17, 15) is 22.8 Å². The molecule has 0 unspecified atom stereocenters. The Bertz CT molecular complexity index is 2090. The number of carbonyl (C=O) groups excluding carboxylic acids is 1. The van der Waals surface area contributed by atoms with Gasteiger partial charge in [0.05, 0.1) is 22.7 Å². The van der Waals surface area contributed by atoms with Crippen molar-refractivity contribution < 1.29 is 22.7 Å². The van der Waals surface area contributed by atoms with Gasteiger partial charge >= 0.3 is 6.18 Å². The van der Waals surface area contributed by atoms with Gasteiger partial charge in [-0.15, -0.1) is 0 Å². The van der Waals surface area contributed by atoms with Crippen molar-refractivity contribution in [1.82, 2.24) is 9.66 Å². The van der Waals surface area contributed by atoms with E-state index in [4.69, 9.17) is 4.74 Å². The van der Waals surface area contributed by atoms with E-state index < -0.39 is 17.3 Å². The monoisotopic (exact) mass is 592 g/mol. The predicted octanol–water partition coefficient (Wildman–Crippen LogP) is 7.14. The summed E-state index contributed by atoms with van der Waals surface area (Å²) >= 11 is 0. The Morgan fingerprint density at radius 1 is 0.864 bits per heavy atom. The number of anilines is 1. The van der Waals surface area contributed by atoms with Crippen LogP contribution >= 0.6 is 0 Å². The Kier molecular flexibility index (Phi) is 7.63. The first-order chi connectivity index (χ1) is 21.3. The molecular formula is C34H23F3N4O3. The van der Waals surface area contributed by atoms with Crippen LogP contribution in [-0.2, 0) is 11.0 Å². The summed E-state index contributed by atoms with van der Waals surface area (Å²) < 4.78 is 47.6. The van der Waals surface area contributed by atoms with E-state index in [1.54, 1.807) is 54.6 Å². The minimum Gasteiger partial charge on any atom is -0.483 e. The molecule has 0 aliphatic carbocycles. The first-order valence-corrected chi connectivity index (χ1v) is 13.5. The molecule has 0 atom stereocenters. The van der Waals surface area contributed by atoms with Crippen LogP contribution in [0.3, 0.4) is 0 Å². The number of nitrogens with one attached hydrogen (secondary N) is 1. The summed E-state index contributed by atoms with van der Waals surface area (Å²) in [6.07, 6.45) is -3.20. The van der Waals surface area contributed by atoms with Gasteiger partial charge in [0.25, 0.3) is 11.5 Å². The number of para-hydroxylation sites is 2. The molecule has 6 aromatic rings. The molecule has 1 heterocycles. The van der Waals surface area contributed by atoms with Gasteiger partial charge in [0.15, 0.2) is 12.4 Å². The van der Waals surface area contributed by atoms with Crippen molar-refractivity contribution in [3.63, 3.8) is 0 Å². The highest BCUT2D eigenvalue weighted by molar-refractivity contribution is 6.02. The number of nitrogens with zero attached hydrogens (tertiary/aromatic N) is 3. The van der Waals surface area contributed by atoms with Crippen LogP contribution in [0.4, 0.5) is 18.9 Å². The number of halogens is 3. The Morgan fingerprint density at radius 3 is 2.39 bits per heavy atom. The number of hydrogen-bond donors (Lipinski definition) is 1.